The van der Waals surface area contributed by atoms with Crippen molar-refractivity contribution < 1.29 is 0 Å². The van der Waals surface area contributed by atoms with E-state index in [0.717, 1.165) is 18.9 Å². The first-order valence-corrected chi connectivity index (χ1v) is 6.52. The van der Waals surface area contributed by atoms with Gasteiger partial charge >= 0.3 is 0 Å². The van der Waals surface area contributed by atoms with Crippen LogP contribution in [0.25, 0.3) is 0 Å². The Morgan fingerprint density at radius 3 is 2.47 bits per heavy atom. The normalized spacial score (nSPS) is 19.3. The maximum absolute atomic E-state index is 5.62. The van der Waals surface area contributed by atoms with Gasteiger partial charge in [0.05, 0.1) is 0 Å². The van der Waals surface area contributed by atoms with Crippen LogP contribution in [0.1, 0.15) is 39.5 Å². The molecule has 2 heterocycles. The number of hydrogen-bond acceptors (Lipinski definition) is 4. The van der Waals surface area contributed by atoms with E-state index in [9.17, 15) is 0 Å². The summed E-state index contributed by atoms with van der Waals surface area (Å²) >= 11 is 0. The predicted octanol–water partition coefficient (Wildman–Crippen LogP) is 2.47. The molecule has 17 heavy (non-hydrogen) atoms. The number of hydrogen-bond donors (Lipinski definition) is 1. The first kappa shape index (κ1) is 12.1. The van der Waals surface area contributed by atoms with E-state index in [-0.39, 0.29) is 0 Å². The SMILES string of the molecule is CCC1(CC)CCN(c2ccnc(N)n2)CC1. The zero-order valence-corrected chi connectivity index (χ0v) is 10.8. The van der Waals surface area contributed by atoms with Gasteiger partial charge in [-0.15, -0.1) is 0 Å². The monoisotopic (exact) mass is 234 g/mol. The molecular weight excluding hydrogens is 212 g/mol. The minimum atomic E-state index is 0.366. The summed E-state index contributed by atoms with van der Waals surface area (Å²) in [5, 5.41) is 0. The molecule has 1 saturated heterocycles. The van der Waals surface area contributed by atoms with Gasteiger partial charge in [-0.1, -0.05) is 26.7 Å². The number of aromatic nitrogens is 2. The lowest BCUT2D eigenvalue weighted by molar-refractivity contribution is 0.199. The molecule has 1 aromatic heterocycles. The summed E-state index contributed by atoms with van der Waals surface area (Å²) in [7, 11) is 0. The van der Waals surface area contributed by atoms with Gasteiger partial charge < -0.3 is 10.6 Å². The molecule has 0 radical (unpaired) electrons. The molecule has 0 spiro atoms. The zero-order chi connectivity index (χ0) is 12.3. The van der Waals surface area contributed by atoms with E-state index in [4.69, 9.17) is 5.73 Å². The highest BCUT2D eigenvalue weighted by Crippen LogP contribution is 2.38. The summed E-state index contributed by atoms with van der Waals surface area (Å²) < 4.78 is 0. The van der Waals surface area contributed by atoms with Crippen molar-refractivity contribution in [2.45, 2.75) is 39.5 Å². The van der Waals surface area contributed by atoms with Crippen LogP contribution < -0.4 is 10.6 Å². The summed E-state index contributed by atoms with van der Waals surface area (Å²) in [5.41, 5.74) is 6.17. The number of nitrogens with two attached hydrogens (primary N) is 1. The van der Waals surface area contributed by atoms with Crippen molar-refractivity contribution in [1.82, 2.24) is 9.97 Å². The molecule has 0 unspecified atom stereocenters. The number of rotatable bonds is 3. The van der Waals surface area contributed by atoms with Gasteiger partial charge in [0.1, 0.15) is 5.82 Å². The highest BCUT2D eigenvalue weighted by molar-refractivity contribution is 5.41. The van der Waals surface area contributed by atoms with Crippen LogP contribution in [0, 0.1) is 5.41 Å². The molecule has 0 amide bonds. The van der Waals surface area contributed by atoms with Crippen molar-refractivity contribution in [3.8, 4) is 0 Å². The van der Waals surface area contributed by atoms with Crippen LogP contribution >= 0.6 is 0 Å². The van der Waals surface area contributed by atoms with E-state index in [1.807, 2.05) is 6.07 Å². The summed E-state index contributed by atoms with van der Waals surface area (Å²) in [5.74, 6) is 1.34. The molecule has 4 heteroatoms. The second kappa shape index (κ2) is 4.90. The van der Waals surface area contributed by atoms with Crippen molar-refractivity contribution in [1.29, 1.82) is 0 Å². The van der Waals surface area contributed by atoms with Crippen molar-refractivity contribution in [2.24, 2.45) is 5.41 Å². The molecule has 0 aliphatic carbocycles. The molecule has 1 aromatic rings. The molecule has 94 valence electrons. The molecule has 0 atom stereocenters. The third-order valence-electron chi connectivity index (χ3n) is 4.31. The lowest BCUT2D eigenvalue weighted by Gasteiger charge is -2.41. The van der Waals surface area contributed by atoms with Gasteiger partial charge in [0.2, 0.25) is 5.95 Å². The first-order valence-electron chi connectivity index (χ1n) is 6.52. The van der Waals surface area contributed by atoms with E-state index < -0.39 is 0 Å². The Hall–Kier alpha value is -1.32. The fraction of sp³-hybridized carbons (Fsp3) is 0.692. The minimum Gasteiger partial charge on any atom is -0.368 e. The van der Waals surface area contributed by atoms with Crippen LogP contribution in [0.4, 0.5) is 11.8 Å². The van der Waals surface area contributed by atoms with Gasteiger partial charge in [-0.05, 0) is 24.3 Å². The van der Waals surface area contributed by atoms with Crippen molar-refractivity contribution in [3.05, 3.63) is 12.3 Å². The second-order valence-electron chi connectivity index (χ2n) is 4.97. The van der Waals surface area contributed by atoms with Gasteiger partial charge in [0.25, 0.3) is 0 Å². The lowest BCUT2D eigenvalue weighted by atomic mass is 9.74. The topological polar surface area (TPSA) is 55.0 Å². The number of anilines is 2. The molecule has 2 N–H and O–H groups in total. The molecule has 1 fully saturated rings. The Balaban J connectivity index is 2.04. The summed E-state index contributed by atoms with van der Waals surface area (Å²) in [6.45, 7) is 6.78. The van der Waals surface area contributed by atoms with Crippen LogP contribution in [-0.2, 0) is 0 Å². The van der Waals surface area contributed by atoms with Gasteiger partial charge in [0.15, 0.2) is 0 Å². The second-order valence-corrected chi connectivity index (χ2v) is 4.97. The van der Waals surface area contributed by atoms with Crippen LogP contribution in [0.2, 0.25) is 0 Å². The largest absolute Gasteiger partial charge is 0.368 e. The van der Waals surface area contributed by atoms with E-state index in [1.165, 1.54) is 25.7 Å². The molecule has 1 aliphatic rings. The van der Waals surface area contributed by atoms with E-state index in [2.05, 4.69) is 28.7 Å². The predicted molar refractivity (Wildman–Crippen MR) is 70.9 cm³/mol. The Labute approximate surface area is 103 Å². The highest BCUT2D eigenvalue weighted by atomic mass is 15.2. The minimum absolute atomic E-state index is 0.366. The smallest absolute Gasteiger partial charge is 0.221 e. The molecule has 1 aliphatic heterocycles. The summed E-state index contributed by atoms with van der Waals surface area (Å²) in [6.07, 6.45) is 6.81. The molecule has 4 nitrogen and oxygen atoms in total. The lowest BCUT2D eigenvalue weighted by Crippen LogP contribution is -2.40. The first-order chi connectivity index (χ1) is 8.19. The zero-order valence-electron chi connectivity index (χ0n) is 10.8. The summed E-state index contributed by atoms with van der Waals surface area (Å²) in [6, 6.07) is 1.95. The molecule has 0 saturated carbocycles. The van der Waals surface area contributed by atoms with E-state index >= 15 is 0 Å². The average molecular weight is 234 g/mol. The van der Waals surface area contributed by atoms with Crippen LogP contribution in [-0.4, -0.2) is 23.1 Å². The highest BCUT2D eigenvalue weighted by Gasteiger charge is 2.31. The summed E-state index contributed by atoms with van der Waals surface area (Å²) in [4.78, 5) is 10.5. The fourth-order valence-corrected chi connectivity index (χ4v) is 2.71. The number of piperidine rings is 1. The number of nitrogens with zero attached hydrogens (tertiary/aromatic N) is 3. The maximum Gasteiger partial charge on any atom is 0.221 e. The molecule has 0 bridgehead atoms. The average Bonchev–Trinajstić information content (AvgIpc) is 2.39. The maximum atomic E-state index is 5.62. The molecule has 0 aromatic carbocycles. The van der Waals surface area contributed by atoms with Gasteiger partial charge in [0, 0.05) is 19.3 Å². The van der Waals surface area contributed by atoms with E-state index in [0.29, 0.717) is 11.4 Å². The van der Waals surface area contributed by atoms with Crippen LogP contribution in [0.3, 0.4) is 0 Å². The Kier molecular flexibility index (Phi) is 3.50. The van der Waals surface area contributed by atoms with Crippen molar-refractivity contribution in [3.63, 3.8) is 0 Å². The third kappa shape index (κ3) is 2.51. The van der Waals surface area contributed by atoms with Crippen LogP contribution in [0.5, 0.6) is 0 Å². The Morgan fingerprint density at radius 1 is 1.29 bits per heavy atom. The quantitative estimate of drug-likeness (QED) is 0.873. The number of nitrogen functional groups attached to an aromatic ring is 1. The fourth-order valence-electron chi connectivity index (χ4n) is 2.71. The van der Waals surface area contributed by atoms with Gasteiger partial charge in [-0.25, -0.2) is 4.98 Å². The van der Waals surface area contributed by atoms with E-state index in [1.54, 1.807) is 6.20 Å². The van der Waals surface area contributed by atoms with Crippen molar-refractivity contribution >= 4 is 11.8 Å². The Bertz CT molecular complexity index is 363. The van der Waals surface area contributed by atoms with Crippen LogP contribution in [0.15, 0.2) is 12.3 Å². The molecular formula is C13H22N4. The molecule has 2 rings (SSSR count). The standard InChI is InChI=1S/C13H22N4/c1-3-13(4-2)6-9-17(10-7-13)11-5-8-15-12(14)16-11/h5,8H,3-4,6-7,9-10H2,1-2H3,(H2,14,15,16). The van der Waals surface area contributed by atoms with Crippen molar-refractivity contribution in [2.75, 3.05) is 23.7 Å². The third-order valence-corrected chi connectivity index (χ3v) is 4.31. The van der Waals surface area contributed by atoms with Gasteiger partial charge in [-0.2, -0.15) is 4.98 Å². The Morgan fingerprint density at radius 2 is 1.94 bits per heavy atom. The van der Waals surface area contributed by atoms with Gasteiger partial charge in [-0.3, -0.25) is 0 Å².